The summed E-state index contributed by atoms with van der Waals surface area (Å²) in [6, 6.07) is 9.78. The lowest BCUT2D eigenvalue weighted by Crippen LogP contribution is -2.17. The summed E-state index contributed by atoms with van der Waals surface area (Å²) in [6.07, 6.45) is 5.07. The molecule has 0 bridgehead atoms. The van der Waals surface area contributed by atoms with Crippen LogP contribution >= 0.6 is 0 Å². The fourth-order valence-corrected chi connectivity index (χ4v) is 2.34. The molecule has 0 aliphatic heterocycles. The van der Waals surface area contributed by atoms with Gasteiger partial charge in [-0.2, -0.15) is 0 Å². The number of carboxylic acid groups (broad SMARTS) is 1. The van der Waals surface area contributed by atoms with Crippen LogP contribution in [0, 0.1) is 5.92 Å². The molecule has 0 aliphatic rings. The van der Waals surface area contributed by atoms with Crippen LogP contribution in [0.5, 0.6) is 0 Å². The molecule has 6 heteroatoms. The Kier molecular flexibility index (Phi) is 3.74. The number of H-pyrrole nitrogens is 1. The molecule has 0 aliphatic carbocycles. The van der Waals surface area contributed by atoms with Crippen molar-refractivity contribution in [2.75, 3.05) is 0 Å². The van der Waals surface area contributed by atoms with Crippen molar-refractivity contribution in [3.63, 3.8) is 0 Å². The Morgan fingerprint density at radius 2 is 2.09 bits per heavy atom. The first-order valence-corrected chi connectivity index (χ1v) is 7.00. The molecule has 0 saturated carbocycles. The van der Waals surface area contributed by atoms with E-state index in [1.54, 1.807) is 25.6 Å². The smallest absolute Gasteiger partial charge is 0.308 e. The van der Waals surface area contributed by atoms with Gasteiger partial charge in [-0.05, 0) is 0 Å². The lowest BCUT2D eigenvalue weighted by atomic mass is 10.1. The predicted molar refractivity (Wildman–Crippen MR) is 82.0 cm³/mol. The summed E-state index contributed by atoms with van der Waals surface area (Å²) in [6.45, 7) is 2.02. The number of hydrogen-bond donors (Lipinski definition) is 2. The molecule has 0 amide bonds. The fourth-order valence-electron chi connectivity index (χ4n) is 2.34. The molecular formula is C16H16N4O2. The minimum absolute atomic E-state index is 0.338. The third kappa shape index (κ3) is 2.63. The van der Waals surface area contributed by atoms with Crippen LogP contribution in [0.4, 0.5) is 0 Å². The zero-order valence-corrected chi connectivity index (χ0v) is 12.1. The van der Waals surface area contributed by atoms with Crippen LogP contribution in [0.3, 0.4) is 0 Å². The zero-order valence-electron chi connectivity index (χ0n) is 12.1. The van der Waals surface area contributed by atoms with E-state index in [4.69, 9.17) is 5.11 Å². The molecule has 6 nitrogen and oxygen atoms in total. The summed E-state index contributed by atoms with van der Waals surface area (Å²) < 4.78 is 1.83. The van der Waals surface area contributed by atoms with E-state index < -0.39 is 11.9 Å². The Morgan fingerprint density at radius 3 is 2.73 bits per heavy atom. The normalized spacial score (nSPS) is 12.2. The molecule has 3 rings (SSSR count). The van der Waals surface area contributed by atoms with Gasteiger partial charge in [-0.3, -0.25) is 4.79 Å². The monoisotopic (exact) mass is 296 g/mol. The summed E-state index contributed by atoms with van der Waals surface area (Å²) in [4.78, 5) is 23.0. The lowest BCUT2D eigenvalue weighted by molar-refractivity contribution is -0.141. The van der Waals surface area contributed by atoms with E-state index in [1.807, 2.05) is 34.9 Å². The SMILES string of the molecule is C[C@H](Cn1cnc(-c2ccccc2)c1-c1ncc[nH]1)C(=O)O. The molecule has 3 aromatic rings. The highest BCUT2D eigenvalue weighted by Crippen LogP contribution is 2.29. The summed E-state index contributed by atoms with van der Waals surface area (Å²) in [7, 11) is 0. The quantitative estimate of drug-likeness (QED) is 0.758. The van der Waals surface area contributed by atoms with Gasteiger partial charge in [0.05, 0.1) is 17.9 Å². The summed E-state index contributed by atoms with van der Waals surface area (Å²) in [5.74, 6) is -0.666. The average Bonchev–Trinajstić information content (AvgIpc) is 3.16. The second-order valence-corrected chi connectivity index (χ2v) is 5.14. The number of aromatic nitrogens is 4. The number of nitrogens with one attached hydrogen (secondary N) is 1. The summed E-state index contributed by atoms with van der Waals surface area (Å²) >= 11 is 0. The van der Waals surface area contributed by atoms with Gasteiger partial charge in [0.15, 0.2) is 5.82 Å². The van der Waals surface area contributed by atoms with Crippen LogP contribution in [0.1, 0.15) is 6.92 Å². The van der Waals surface area contributed by atoms with E-state index in [-0.39, 0.29) is 0 Å². The number of carbonyl (C=O) groups is 1. The molecule has 2 heterocycles. The maximum Gasteiger partial charge on any atom is 0.308 e. The maximum atomic E-state index is 11.1. The van der Waals surface area contributed by atoms with Crippen molar-refractivity contribution in [1.82, 2.24) is 19.5 Å². The number of hydrogen-bond acceptors (Lipinski definition) is 3. The van der Waals surface area contributed by atoms with Gasteiger partial charge in [0, 0.05) is 24.5 Å². The molecule has 112 valence electrons. The third-order valence-corrected chi connectivity index (χ3v) is 3.50. The van der Waals surface area contributed by atoms with Gasteiger partial charge >= 0.3 is 5.97 Å². The van der Waals surface area contributed by atoms with Crippen molar-refractivity contribution < 1.29 is 9.90 Å². The van der Waals surface area contributed by atoms with Gasteiger partial charge < -0.3 is 14.7 Å². The minimum Gasteiger partial charge on any atom is -0.481 e. The predicted octanol–water partition coefficient (Wildman–Crippen LogP) is 2.66. The molecular weight excluding hydrogens is 280 g/mol. The third-order valence-electron chi connectivity index (χ3n) is 3.50. The topological polar surface area (TPSA) is 83.8 Å². The molecule has 22 heavy (non-hydrogen) atoms. The molecule has 1 atom stereocenters. The Hall–Kier alpha value is -2.89. The highest BCUT2D eigenvalue weighted by atomic mass is 16.4. The van der Waals surface area contributed by atoms with Crippen molar-refractivity contribution in [1.29, 1.82) is 0 Å². The van der Waals surface area contributed by atoms with Gasteiger partial charge in [-0.25, -0.2) is 9.97 Å². The van der Waals surface area contributed by atoms with Crippen molar-refractivity contribution in [3.05, 3.63) is 49.1 Å². The lowest BCUT2D eigenvalue weighted by Gasteiger charge is -2.11. The van der Waals surface area contributed by atoms with Gasteiger partial charge in [0.25, 0.3) is 0 Å². The first-order chi connectivity index (χ1) is 10.7. The standard InChI is InChI=1S/C16H16N4O2/c1-11(16(21)22)9-20-10-19-13(12-5-3-2-4-6-12)14(20)15-17-7-8-18-15/h2-8,10-11H,9H2,1H3,(H,17,18)(H,21,22)/t11-/m1/s1. The van der Waals surface area contributed by atoms with Crippen LogP contribution < -0.4 is 0 Å². The van der Waals surface area contributed by atoms with Crippen molar-refractivity contribution in [2.24, 2.45) is 5.92 Å². The van der Waals surface area contributed by atoms with Gasteiger partial charge in [-0.15, -0.1) is 0 Å². The fraction of sp³-hybridized carbons (Fsp3) is 0.188. The van der Waals surface area contributed by atoms with Crippen molar-refractivity contribution in [2.45, 2.75) is 13.5 Å². The Bertz CT molecular complexity index is 763. The number of nitrogens with zero attached hydrogens (tertiary/aromatic N) is 3. The Morgan fingerprint density at radius 1 is 1.32 bits per heavy atom. The Labute approximate surface area is 127 Å². The highest BCUT2D eigenvalue weighted by Gasteiger charge is 2.20. The van der Waals surface area contributed by atoms with Crippen LogP contribution in [0.2, 0.25) is 0 Å². The first kappa shape index (κ1) is 14.1. The maximum absolute atomic E-state index is 11.1. The van der Waals surface area contributed by atoms with E-state index in [2.05, 4.69) is 15.0 Å². The van der Waals surface area contributed by atoms with Crippen LogP contribution in [-0.2, 0) is 11.3 Å². The van der Waals surface area contributed by atoms with E-state index >= 15 is 0 Å². The molecule has 0 unspecified atom stereocenters. The van der Waals surface area contributed by atoms with Crippen molar-refractivity contribution >= 4 is 5.97 Å². The number of imidazole rings is 2. The first-order valence-electron chi connectivity index (χ1n) is 7.00. The van der Waals surface area contributed by atoms with Crippen LogP contribution in [0.15, 0.2) is 49.1 Å². The average molecular weight is 296 g/mol. The number of aliphatic carboxylic acids is 1. The van der Waals surface area contributed by atoms with E-state index in [0.29, 0.717) is 12.4 Å². The molecule has 0 fully saturated rings. The van der Waals surface area contributed by atoms with Crippen LogP contribution in [-0.4, -0.2) is 30.6 Å². The highest BCUT2D eigenvalue weighted by molar-refractivity contribution is 5.75. The van der Waals surface area contributed by atoms with Gasteiger partial charge in [-0.1, -0.05) is 37.3 Å². The van der Waals surface area contributed by atoms with E-state index in [0.717, 1.165) is 17.0 Å². The largest absolute Gasteiger partial charge is 0.481 e. The molecule has 2 N–H and O–H groups in total. The van der Waals surface area contributed by atoms with Crippen molar-refractivity contribution in [3.8, 4) is 22.8 Å². The summed E-state index contributed by atoms with van der Waals surface area (Å²) in [5, 5.41) is 9.13. The molecule has 0 spiro atoms. The Balaban J connectivity index is 2.09. The number of benzene rings is 1. The summed E-state index contributed by atoms with van der Waals surface area (Å²) in [5.41, 5.74) is 2.55. The molecule has 2 aromatic heterocycles. The molecule has 0 saturated heterocycles. The second-order valence-electron chi connectivity index (χ2n) is 5.14. The number of aromatic amines is 1. The second kappa shape index (κ2) is 5.85. The van der Waals surface area contributed by atoms with E-state index in [1.165, 1.54) is 0 Å². The van der Waals surface area contributed by atoms with Gasteiger partial charge in [0.2, 0.25) is 0 Å². The molecule has 1 aromatic carbocycles. The van der Waals surface area contributed by atoms with Gasteiger partial charge in [0.1, 0.15) is 5.69 Å². The molecule has 0 radical (unpaired) electrons. The number of carboxylic acids is 1. The van der Waals surface area contributed by atoms with Crippen LogP contribution in [0.25, 0.3) is 22.8 Å². The zero-order chi connectivity index (χ0) is 15.5. The number of rotatable bonds is 5. The van der Waals surface area contributed by atoms with E-state index in [9.17, 15) is 4.79 Å². The minimum atomic E-state index is -0.833.